The monoisotopic (exact) mass is 318 g/mol. The van der Waals surface area contributed by atoms with Gasteiger partial charge in [-0.1, -0.05) is 12.1 Å². The molecule has 0 saturated carbocycles. The van der Waals surface area contributed by atoms with Gasteiger partial charge in [-0.3, -0.25) is 9.59 Å². The molecule has 0 atom stereocenters. The van der Waals surface area contributed by atoms with Crippen LogP contribution < -0.4 is 10.2 Å². The number of benzene rings is 1. The molecule has 1 N–H and O–H groups in total. The highest BCUT2D eigenvalue weighted by Crippen LogP contribution is 2.25. The van der Waals surface area contributed by atoms with Gasteiger partial charge in [-0.25, -0.2) is 4.39 Å². The zero-order valence-electron chi connectivity index (χ0n) is 12.5. The minimum Gasteiger partial charge on any atom is -0.503 e. The van der Waals surface area contributed by atoms with Gasteiger partial charge in [-0.2, -0.15) is 0 Å². The van der Waals surface area contributed by atoms with E-state index in [1.54, 1.807) is 12.1 Å². The average Bonchev–Trinajstić information content (AvgIpc) is 2.55. The van der Waals surface area contributed by atoms with Gasteiger partial charge in [0.2, 0.25) is 5.43 Å². The number of amides is 1. The quantitative estimate of drug-likeness (QED) is 0.927. The van der Waals surface area contributed by atoms with Crippen molar-refractivity contribution in [3.8, 4) is 11.6 Å². The van der Waals surface area contributed by atoms with Crippen molar-refractivity contribution in [2.75, 3.05) is 13.7 Å². The Balaban J connectivity index is 1.95. The molecule has 0 bridgehead atoms. The van der Waals surface area contributed by atoms with Crippen LogP contribution in [0.2, 0.25) is 0 Å². The summed E-state index contributed by atoms with van der Waals surface area (Å²) in [6, 6.07) is 6.98. The molecule has 1 aromatic heterocycles. The first kappa shape index (κ1) is 15.1. The summed E-state index contributed by atoms with van der Waals surface area (Å²) in [5.74, 6) is -1.16. The van der Waals surface area contributed by atoms with Gasteiger partial charge in [0.25, 0.3) is 5.91 Å². The first-order chi connectivity index (χ1) is 11.0. The predicted octanol–water partition coefficient (Wildman–Crippen LogP) is 1.36. The molecule has 120 valence electrons. The molecule has 7 heteroatoms. The number of pyridine rings is 1. The van der Waals surface area contributed by atoms with Crippen molar-refractivity contribution < 1.29 is 19.0 Å². The van der Waals surface area contributed by atoms with E-state index in [2.05, 4.69) is 0 Å². The number of nitrogens with zero attached hydrogens (tertiary/aromatic N) is 2. The lowest BCUT2D eigenvalue weighted by atomic mass is 10.1. The number of hydrogen-bond acceptors (Lipinski definition) is 4. The predicted molar refractivity (Wildman–Crippen MR) is 80.1 cm³/mol. The fraction of sp³-hybridized carbons (Fsp3) is 0.250. The maximum absolute atomic E-state index is 13.0. The van der Waals surface area contributed by atoms with Gasteiger partial charge in [0.05, 0.1) is 7.11 Å². The zero-order chi connectivity index (χ0) is 16.6. The van der Waals surface area contributed by atoms with Crippen molar-refractivity contribution in [3.05, 3.63) is 57.6 Å². The topological polar surface area (TPSA) is 71.8 Å². The molecule has 23 heavy (non-hydrogen) atoms. The highest BCUT2D eigenvalue weighted by Gasteiger charge is 2.30. The van der Waals surface area contributed by atoms with E-state index in [1.165, 1.54) is 28.7 Å². The molecular formula is C16H15FN2O4. The third-order valence-electron chi connectivity index (χ3n) is 3.83. The highest BCUT2D eigenvalue weighted by atomic mass is 19.1. The minimum absolute atomic E-state index is 0.0808. The van der Waals surface area contributed by atoms with Crippen molar-refractivity contribution in [2.24, 2.45) is 0 Å². The van der Waals surface area contributed by atoms with Crippen molar-refractivity contribution in [1.82, 2.24) is 9.47 Å². The van der Waals surface area contributed by atoms with Crippen LogP contribution in [0.3, 0.4) is 0 Å². The molecule has 3 rings (SSSR count). The number of fused-ring (bicyclic) bond motifs is 1. The third-order valence-corrected chi connectivity index (χ3v) is 3.83. The van der Waals surface area contributed by atoms with Gasteiger partial charge in [0, 0.05) is 25.7 Å². The molecule has 0 aliphatic carbocycles. The molecule has 1 aromatic carbocycles. The van der Waals surface area contributed by atoms with Crippen LogP contribution in [0.1, 0.15) is 16.1 Å². The van der Waals surface area contributed by atoms with E-state index in [0.29, 0.717) is 13.1 Å². The Kier molecular flexibility index (Phi) is 3.77. The lowest BCUT2D eigenvalue weighted by Crippen LogP contribution is -2.41. The van der Waals surface area contributed by atoms with Gasteiger partial charge >= 0.3 is 0 Å². The Morgan fingerprint density at radius 1 is 1.22 bits per heavy atom. The number of methoxy groups -OCH3 is 1. The molecule has 0 fully saturated rings. The van der Waals surface area contributed by atoms with E-state index >= 15 is 0 Å². The van der Waals surface area contributed by atoms with Gasteiger partial charge in [-0.15, -0.1) is 0 Å². The summed E-state index contributed by atoms with van der Waals surface area (Å²) >= 11 is 0. The van der Waals surface area contributed by atoms with Crippen LogP contribution in [-0.4, -0.2) is 34.1 Å². The highest BCUT2D eigenvalue weighted by molar-refractivity contribution is 5.96. The molecule has 0 radical (unpaired) electrons. The summed E-state index contributed by atoms with van der Waals surface area (Å²) in [7, 11) is 1.40. The van der Waals surface area contributed by atoms with E-state index in [1.807, 2.05) is 0 Å². The number of aromatic hydroxyl groups is 1. The number of ether oxygens (including phenoxy) is 1. The van der Waals surface area contributed by atoms with Crippen LogP contribution in [0.15, 0.2) is 35.1 Å². The molecule has 1 aliphatic heterocycles. The van der Waals surface area contributed by atoms with E-state index < -0.39 is 17.1 Å². The van der Waals surface area contributed by atoms with Crippen molar-refractivity contribution in [2.45, 2.75) is 13.1 Å². The molecule has 6 nitrogen and oxygen atoms in total. The minimum atomic E-state index is -0.662. The number of halogens is 1. The summed E-state index contributed by atoms with van der Waals surface area (Å²) < 4.78 is 19.5. The molecule has 0 unspecified atom stereocenters. The molecule has 1 amide bonds. The Bertz CT molecular complexity index is 814. The summed E-state index contributed by atoms with van der Waals surface area (Å²) in [5, 5.41) is 9.97. The van der Waals surface area contributed by atoms with Crippen LogP contribution >= 0.6 is 0 Å². The number of carbonyl (C=O) groups excluding carboxylic acids is 1. The summed E-state index contributed by atoms with van der Waals surface area (Å²) in [5.41, 5.74) is 0.0192. The lowest BCUT2D eigenvalue weighted by molar-refractivity contribution is 0.0677. The molecule has 1 aliphatic rings. The molecule has 2 heterocycles. The van der Waals surface area contributed by atoms with E-state index in [4.69, 9.17) is 4.74 Å². The van der Waals surface area contributed by atoms with E-state index in [0.717, 1.165) is 11.6 Å². The maximum Gasteiger partial charge on any atom is 0.274 e. The second kappa shape index (κ2) is 5.75. The normalized spacial score (nSPS) is 13.8. The number of carbonyl (C=O) groups is 1. The second-order valence-electron chi connectivity index (χ2n) is 5.25. The van der Waals surface area contributed by atoms with Crippen LogP contribution in [0, 0.1) is 5.82 Å². The molecule has 2 aromatic rings. The third kappa shape index (κ3) is 2.65. The van der Waals surface area contributed by atoms with Gasteiger partial charge in [0.1, 0.15) is 5.82 Å². The standard InChI is InChI=1S/C16H15FN2O4/c1-23-13-8-12(20)15(21)14-16(22)18(6-7-19(13)14)9-10-2-4-11(17)5-3-10/h2-5,8,21H,6-7,9H2,1H3. The van der Waals surface area contributed by atoms with E-state index in [9.17, 15) is 19.1 Å². The Labute approximate surface area is 131 Å². The maximum atomic E-state index is 13.0. The Morgan fingerprint density at radius 2 is 1.91 bits per heavy atom. The Morgan fingerprint density at radius 3 is 2.57 bits per heavy atom. The fourth-order valence-corrected chi connectivity index (χ4v) is 2.65. The molecule has 0 saturated heterocycles. The van der Waals surface area contributed by atoms with Crippen LogP contribution in [0.25, 0.3) is 0 Å². The number of hydrogen-bond donors (Lipinski definition) is 1. The van der Waals surface area contributed by atoms with Crippen LogP contribution in [0.4, 0.5) is 4.39 Å². The van der Waals surface area contributed by atoms with Crippen molar-refractivity contribution >= 4 is 5.91 Å². The molecular weight excluding hydrogens is 303 g/mol. The fourth-order valence-electron chi connectivity index (χ4n) is 2.65. The lowest BCUT2D eigenvalue weighted by Gasteiger charge is -2.31. The average molecular weight is 318 g/mol. The smallest absolute Gasteiger partial charge is 0.274 e. The second-order valence-corrected chi connectivity index (χ2v) is 5.25. The first-order valence-corrected chi connectivity index (χ1v) is 7.05. The van der Waals surface area contributed by atoms with Gasteiger partial charge in [0.15, 0.2) is 17.3 Å². The first-order valence-electron chi connectivity index (χ1n) is 7.05. The van der Waals surface area contributed by atoms with Crippen LogP contribution in [0.5, 0.6) is 11.6 Å². The zero-order valence-corrected chi connectivity index (χ0v) is 12.5. The van der Waals surface area contributed by atoms with Crippen molar-refractivity contribution in [3.63, 3.8) is 0 Å². The van der Waals surface area contributed by atoms with Crippen molar-refractivity contribution in [1.29, 1.82) is 0 Å². The number of rotatable bonds is 3. The van der Waals surface area contributed by atoms with Gasteiger partial charge in [-0.05, 0) is 17.7 Å². The number of aromatic nitrogens is 1. The van der Waals surface area contributed by atoms with Gasteiger partial charge < -0.3 is 19.3 Å². The summed E-state index contributed by atoms with van der Waals surface area (Å²) in [4.78, 5) is 25.9. The summed E-state index contributed by atoms with van der Waals surface area (Å²) in [6.45, 7) is 1.05. The molecule has 0 spiro atoms. The Hall–Kier alpha value is -2.83. The largest absolute Gasteiger partial charge is 0.503 e. The van der Waals surface area contributed by atoms with Crippen LogP contribution in [-0.2, 0) is 13.1 Å². The SMILES string of the molecule is COc1cc(=O)c(O)c2n1CCN(Cc1ccc(F)cc1)C2=O. The summed E-state index contributed by atoms with van der Waals surface area (Å²) in [6.07, 6.45) is 0. The van der Waals surface area contributed by atoms with E-state index in [-0.39, 0.29) is 23.9 Å².